The zero-order valence-electron chi connectivity index (χ0n) is 13.4. The summed E-state index contributed by atoms with van der Waals surface area (Å²) in [4.78, 5) is 19.5. The SMILES string of the molecule is O=CN1CCCCC1c1[nH]c2ccccc2c1Sc1ccccc1. The molecule has 1 fully saturated rings. The number of nitrogens with zero attached hydrogens (tertiary/aromatic N) is 1. The van der Waals surface area contributed by atoms with Gasteiger partial charge in [0.2, 0.25) is 6.41 Å². The molecule has 1 amide bonds. The number of amides is 1. The van der Waals surface area contributed by atoms with E-state index in [0.717, 1.165) is 31.3 Å². The fourth-order valence-corrected chi connectivity index (χ4v) is 4.59. The fraction of sp³-hybridized carbons (Fsp3) is 0.250. The van der Waals surface area contributed by atoms with Crippen molar-refractivity contribution in [3.8, 4) is 0 Å². The molecule has 1 atom stereocenters. The van der Waals surface area contributed by atoms with Gasteiger partial charge >= 0.3 is 0 Å². The van der Waals surface area contributed by atoms with Crippen LogP contribution in [-0.4, -0.2) is 22.8 Å². The van der Waals surface area contributed by atoms with E-state index in [1.54, 1.807) is 11.8 Å². The first kappa shape index (κ1) is 15.3. The van der Waals surface area contributed by atoms with Crippen molar-refractivity contribution < 1.29 is 4.79 Å². The van der Waals surface area contributed by atoms with Crippen LogP contribution in [-0.2, 0) is 4.79 Å². The zero-order valence-corrected chi connectivity index (χ0v) is 14.3. The molecule has 1 aromatic heterocycles. The molecular weight excluding hydrogens is 316 g/mol. The van der Waals surface area contributed by atoms with Crippen LogP contribution < -0.4 is 0 Å². The number of H-pyrrole nitrogens is 1. The number of rotatable bonds is 4. The summed E-state index contributed by atoms with van der Waals surface area (Å²) in [6.45, 7) is 0.846. The van der Waals surface area contributed by atoms with Gasteiger partial charge in [-0.05, 0) is 37.5 Å². The first-order chi connectivity index (χ1) is 11.9. The molecule has 1 aliphatic heterocycles. The van der Waals surface area contributed by atoms with Gasteiger partial charge in [-0.2, -0.15) is 0 Å². The van der Waals surface area contributed by atoms with Crippen LogP contribution in [0.15, 0.2) is 64.4 Å². The molecule has 1 saturated heterocycles. The molecule has 1 aliphatic rings. The van der Waals surface area contributed by atoms with Crippen molar-refractivity contribution >= 4 is 29.1 Å². The van der Waals surface area contributed by atoms with Gasteiger partial charge in [-0.1, -0.05) is 48.2 Å². The lowest BCUT2D eigenvalue weighted by molar-refractivity contribution is -0.121. The zero-order chi connectivity index (χ0) is 16.4. The number of piperidine rings is 1. The van der Waals surface area contributed by atoms with Crippen molar-refractivity contribution in [1.82, 2.24) is 9.88 Å². The highest BCUT2D eigenvalue weighted by Crippen LogP contribution is 2.42. The van der Waals surface area contributed by atoms with Crippen LogP contribution in [0.1, 0.15) is 31.0 Å². The Bertz CT molecular complexity index is 843. The van der Waals surface area contributed by atoms with Crippen LogP contribution in [0.5, 0.6) is 0 Å². The highest BCUT2D eigenvalue weighted by atomic mass is 32.2. The first-order valence-corrected chi connectivity index (χ1v) is 9.23. The van der Waals surface area contributed by atoms with Crippen LogP contribution in [0, 0.1) is 0 Å². The van der Waals surface area contributed by atoms with Crippen molar-refractivity contribution in [2.75, 3.05) is 6.54 Å². The van der Waals surface area contributed by atoms with Crippen LogP contribution >= 0.6 is 11.8 Å². The van der Waals surface area contributed by atoms with E-state index in [0.29, 0.717) is 0 Å². The maximum atomic E-state index is 11.5. The molecular formula is C20H20N2OS. The lowest BCUT2D eigenvalue weighted by atomic mass is 10.00. The lowest BCUT2D eigenvalue weighted by Crippen LogP contribution is -2.32. The predicted molar refractivity (Wildman–Crippen MR) is 98.2 cm³/mol. The molecule has 0 saturated carbocycles. The number of benzene rings is 2. The molecule has 2 heterocycles. The minimum atomic E-state index is 0.148. The van der Waals surface area contributed by atoms with E-state index in [-0.39, 0.29) is 6.04 Å². The average molecular weight is 336 g/mol. The Labute approximate surface area is 146 Å². The van der Waals surface area contributed by atoms with E-state index in [4.69, 9.17) is 0 Å². The number of carbonyl (C=O) groups is 1. The number of aromatic nitrogens is 1. The predicted octanol–water partition coefficient (Wildman–Crippen LogP) is 5.00. The highest BCUT2D eigenvalue weighted by Gasteiger charge is 2.27. The van der Waals surface area contributed by atoms with Crippen LogP contribution in [0.2, 0.25) is 0 Å². The molecule has 0 bridgehead atoms. The van der Waals surface area contributed by atoms with E-state index in [1.807, 2.05) is 11.0 Å². The Morgan fingerprint density at radius 3 is 2.67 bits per heavy atom. The standard InChI is InChI=1S/C20H20N2OS/c23-14-22-13-7-6-12-18(22)19-20(24-15-8-2-1-3-9-15)16-10-4-5-11-17(16)21-19/h1-5,8-11,14,18,21H,6-7,12-13H2. The molecule has 3 nitrogen and oxygen atoms in total. The summed E-state index contributed by atoms with van der Waals surface area (Å²) in [6.07, 6.45) is 4.29. The van der Waals surface area contributed by atoms with Gasteiger partial charge in [0, 0.05) is 27.2 Å². The molecule has 0 radical (unpaired) electrons. The normalized spacial score (nSPS) is 18.0. The molecule has 3 aromatic rings. The number of hydrogen-bond donors (Lipinski definition) is 1. The average Bonchev–Trinajstić information content (AvgIpc) is 3.01. The minimum absolute atomic E-state index is 0.148. The summed E-state index contributed by atoms with van der Waals surface area (Å²) in [6, 6.07) is 19.0. The van der Waals surface area contributed by atoms with Gasteiger partial charge in [0.25, 0.3) is 0 Å². The van der Waals surface area contributed by atoms with Crippen molar-refractivity contribution in [3.63, 3.8) is 0 Å². The third-order valence-electron chi connectivity index (χ3n) is 4.66. The number of hydrogen-bond acceptors (Lipinski definition) is 2. The summed E-state index contributed by atoms with van der Waals surface area (Å²) < 4.78 is 0. The minimum Gasteiger partial charge on any atom is -0.356 e. The van der Waals surface area contributed by atoms with Crippen molar-refractivity contribution in [1.29, 1.82) is 0 Å². The Balaban J connectivity index is 1.82. The summed E-state index contributed by atoms with van der Waals surface area (Å²) in [5.74, 6) is 0. The molecule has 4 heteroatoms. The van der Waals surface area contributed by atoms with Crippen LogP contribution in [0.25, 0.3) is 10.9 Å². The van der Waals surface area contributed by atoms with Crippen molar-refractivity contribution in [3.05, 3.63) is 60.3 Å². The lowest BCUT2D eigenvalue weighted by Gasteiger charge is -2.32. The number of nitrogens with one attached hydrogen (secondary N) is 1. The molecule has 4 rings (SSSR count). The van der Waals surface area contributed by atoms with Gasteiger partial charge in [0.05, 0.1) is 11.7 Å². The Kier molecular flexibility index (Phi) is 4.30. The first-order valence-electron chi connectivity index (χ1n) is 8.41. The molecule has 1 unspecified atom stereocenters. The van der Waals surface area contributed by atoms with Gasteiger partial charge in [0.1, 0.15) is 0 Å². The number of carbonyl (C=O) groups excluding carboxylic acids is 1. The number of fused-ring (bicyclic) bond motifs is 1. The van der Waals surface area contributed by atoms with Crippen LogP contribution in [0.4, 0.5) is 0 Å². The Morgan fingerprint density at radius 2 is 1.83 bits per heavy atom. The largest absolute Gasteiger partial charge is 0.356 e. The summed E-state index contributed by atoms with van der Waals surface area (Å²) >= 11 is 1.78. The van der Waals surface area contributed by atoms with E-state index in [1.165, 1.54) is 27.3 Å². The highest BCUT2D eigenvalue weighted by molar-refractivity contribution is 7.99. The summed E-state index contributed by atoms with van der Waals surface area (Å²) in [7, 11) is 0. The van der Waals surface area contributed by atoms with Crippen LogP contribution in [0.3, 0.4) is 0 Å². The molecule has 1 N–H and O–H groups in total. The maximum Gasteiger partial charge on any atom is 0.210 e. The van der Waals surface area contributed by atoms with E-state index in [2.05, 4.69) is 53.5 Å². The number of aromatic amines is 1. The number of likely N-dealkylation sites (tertiary alicyclic amines) is 1. The molecule has 2 aromatic carbocycles. The van der Waals surface area contributed by atoms with E-state index >= 15 is 0 Å². The molecule has 0 aliphatic carbocycles. The fourth-order valence-electron chi connectivity index (χ4n) is 3.48. The van der Waals surface area contributed by atoms with Crippen molar-refractivity contribution in [2.24, 2.45) is 0 Å². The molecule has 122 valence electrons. The Morgan fingerprint density at radius 1 is 1.04 bits per heavy atom. The maximum absolute atomic E-state index is 11.5. The number of para-hydroxylation sites is 1. The van der Waals surface area contributed by atoms with Gasteiger partial charge < -0.3 is 9.88 Å². The molecule has 0 spiro atoms. The van der Waals surface area contributed by atoms with E-state index < -0.39 is 0 Å². The quantitative estimate of drug-likeness (QED) is 0.680. The van der Waals surface area contributed by atoms with Crippen molar-refractivity contribution in [2.45, 2.75) is 35.1 Å². The van der Waals surface area contributed by atoms with Gasteiger partial charge in [0.15, 0.2) is 0 Å². The molecule has 24 heavy (non-hydrogen) atoms. The topological polar surface area (TPSA) is 36.1 Å². The Hall–Kier alpha value is -2.20. The smallest absolute Gasteiger partial charge is 0.210 e. The third kappa shape index (κ3) is 2.82. The third-order valence-corrected chi connectivity index (χ3v) is 5.81. The second-order valence-corrected chi connectivity index (χ2v) is 7.27. The van der Waals surface area contributed by atoms with Gasteiger partial charge in [-0.3, -0.25) is 4.79 Å². The second-order valence-electron chi connectivity index (χ2n) is 6.18. The van der Waals surface area contributed by atoms with Gasteiger partial charge in [-0.15, -0.1) is 0 Å². The summed E-state index contributed by atoms with van der Waals surface area (Å²) in [5, 5.41) is 1.23. The second kappa shape index (κ2) is 6.73. The summed E-state index contributed by atoms with van der Waals surface area (Å²) in [5.41, 5.74) is 2.32. The monoisotopic (exact) mass is 336 g/mol. The van der Waals surface area contributed by atoms with Gasteiger partial charge in [-0.25, -0.2) is 0 Å². The van der Waals surface area contributed by atoms with E-state index in [9.17, 15) is 4.79 Å².